The molecule has 0 aromatic carbocycles. The Morgan fingerprint density at radius 2 is 2.00 bits per heavy atom. The van der Waals surface area contributed by atoms with Gasteiger partial charge in [0, 0.05) is 31.9 Å². The number of hydrogen-bond donors (Lipinski definition) is 1. The van der Waals surface area contributed by atoms with Crippen molar-refractivity contribution in [2.45, 2.75) is 38.9 Å². The minimum atomic E-state index is -0.637. The van der Waals surface area contributed by atoms with Crippen molar-refractivity contribution in [2.75, 3.05) is 13.1 Å². The second-order valence-corrected chi connectivity index (χ2v) is 6.22. The Bertz CT molecular complexity index is 735. The van der Waals surface area contributed by atoms with Crippen molar-refractivity contribution in [3.05, 3.63) is 47.8 Å². The maximum absolute atomic E-state index is 12.6. The Kier molecular flexibility index (Phi) is 5.23. The van der Waals surface area contributed by atoms with Crippen LogP contribution in [0.15, 0.2) is 30.7 Å². The first kappa shape index (κ1) is 17.3. The average molecular weight is 342 g/mol. The summed E-state index contributed by atoms with van der Waals surface area (Å²) in [5.74, 6) is 0.494. The molecule has 0 aliphatic carbocycles. The molecule has 0 saturated carbocycles. The third-order valence-electron chi connectivity index (χ3n) is 4.33. The number of hydrogen-bond acceptors (Lipinski definition) is 6. The number of amides is 1. The van der Waals surface area contributed by atoms with E-state index in [1.807, 2.05) is 19.9 Å². The topological polar surface area (TPSA) is 88.4 Å². The molecule has 7 heteroatoms. The summed E-state index contributed by atoms with van der Waals surface area (Å²) < 4.78 is 5.95. The quantitative estimate of drug-likeness (QED) is 0.910. The number of likely N-dealkylation sites (tertiary alicyclic amines) is 1. The molecule has 2 aromatic rings. The highest BCUT2D eigenvalue weighted by Gasteiger charge is 2.29. The number of aryl methyl sites for hydroxylation is 2. The fraction of sp³-hybridized carbons (Fsp3) is 0.444. The summed E-state index contributed by atoms with van der Waals surface area (Å²) in [4.78, 5) is 26.7. The van der Waals surface area contributed by atoms with Crippen molar-refractivity contribution in [3.8, 4) is 5.75 Å². The van der Waals surface area contributed by atoms with Crippen molar-refractivity contribution in [2.24, 2.45) is 0 Å². The third-order valence-corrected chi connectivity index (χ3v) is 4.33. The van der Waals surface area contributed by atoms with E-state index in [0.717, 1.165) is 11.4 Å². The molecule has 1 N–H and O–H groups in total. The van der Waals surface area contributed by atoms with E-state index in [9.17, 15) is 9.90 Å². The Morgan fingerprint density at radius 1 is 1.20 bits per heavy atom. The number of pyridine rings is 1. The molecule has 0 unspecified atom stereocenters. The molecule has 0 bridgehead atoms. The largest absolute Gasteiger partial charge is 0.486 e. The zero-order chi connectivity index (χ0) is 17.8. The van der Waals surface area contributed by atoms with Crippen molar-refractivity contribution in [3.63, 3.8) is 0 Å². The van der Waals surface area contributed by atoms with Crippen LogP contribution in [-0.4, -0.2) is 56.2 Å². The Hall–Kier alpha value is -2.54. The molecule has 3 heterocycles. The number of rotatable bonds is 3. The van der Waals surface area contributed by atoms with Crippen LogP contribution in [0.5, 0.6) is 5.75 Å². The van der Waals surface area contributed by atoms with E-state index in [1.54, 1.807) is 23.4 Å². The van der Waals surface area contributed by atoms with Crippen molar-refractivity contribution < 1.29 is 14.6 Å². The van der Waals surface area contributed by atoms with Gasteiger partial charge in [-0.2, -0.15) is 0 Å². The molecular weight excluding hydrogens is 320 g/mol. The van der Waals surface area contributed by atoms with Crippen molar-refractivity contribution in [1.82, 2.24) is 19.9 Å². The maximum Gasteiger partial charge on any atom is 0.274 e. The van der Waals surface area contributed by atoms with E-state index in [1.165, 1.54) is 6.20 Å². The van der Waals surface area contributed by atoms with Gasteiger partial charge in [0.25, 0.3) is 5.91 Å². The van der Waals surface area contributed by atoms with Crippen LogP contribution in [0, 0.1) is 13.8 Å². The van der Waals surface area contributed by atoms with Crippen LogP contribution in [-0.2, 0) is 0 Å². The summed E-state index contributed by atoms with van der Waals surface area (Å²) in [6.07, 6.45) is 4.76. The van der Waals surface area contributed by atoms with Crippen LogP contribution in [0.2, 0.25) is 0 Å². The number of carbonyl (C=O) groups excluding carboxylic acids is 1. The fourth-order valence-corrected chi connectivity index (χ4v) is 2.82. The molecule has 7 nitrogen and oxygen atoms in total. The van der Waals surface area contributed by atoms with Gasteiger partial charge in [-0.1, -0.05) is 0 Å². The Balaban J connectivity index is 1.67. The normalized spacial score (nSPS) is 20.8. The van der Waals surface area contributed by atoms with E-state index in [-0.39, 0.29) is 12.0 Å². The lowest BCUT2D eigenvalue weighted by molar-refractivity contribution is 0.0343. The molecule has 0 radical (unpaired) electrons. The van der Waals surface area contributed by atoms with E-state index in [4.69, 9.17) is 4.74 Å². The predicted molar refractivity (Wildman–Crippen MR) is 91.3 cm³/mol. The van der Waals surface area contributed by atoms with E-state index in [0.29, 0.717) is 37.4 Å². The first-order valence-corrected chi connectivity index (χ1v) is 8.39. The highest BCUT2D eigenvalue weighted by atomic mass is 16.5. The summed E-state index contributed by atoms with van der Waals surface area (Å²) in [7, 11) is 0. The van der Waals surface area contributed by atoms with Gasteiger partial charge in [0.2, 0.25) is 0 Å². The SMILES string of the molecule is Cc1cnc(C(=O)N2CC[C@H](Oc3cccnc3C)[C@@H](O)CC2)cn1. The molecular formula is C18H22N4O3. The van der Waals surface area contributed by atoms with Crippen LogP contribution < -0.4 is 4.74 Å². The molecule has 1 saturated heterocycles. The lowest BCUT2D eigenvalue weighted by Gasteiger charge is -2.22. The van der Waals surface area contributed by atoms with Crippen LogP contribution in [0.25, 0.3) is 0 Å². The molecule has 3 rings (SSSR count). The van der Waals surface area contributed by atoms with Gasteiger partial charge in [0.1, 0.15) is 17.5 Å². The number of nitrogens with zero attached hydrogens (tertiary/aromatic N) is 4. The Morgan fingerprint density at radius 3 is 2.72 bits per heavy atom. The molecule has 0 spiro atoms. The third kappa shape index (κ3) is 4.11. The number of aliphatic hydroxyl groups is 1. The second kappa shape index (κ2) is 7.57. The number of aromatic nitrogens is 3. The number of carbonyl (C=O) groups is 1. The van der Waals surface area contributed by atoms with Crippen molar-refractivity contribution >= 4 is 5.91 Å². The molecule has 2 aromatic heterocycles. The smallest absolute Gasteiger partial charge is 0.274 e. The molecule has 2 atom stereocenters. The minimum absolute atomic E-state index is 0.169. The molecule has 132 valence electrons. The van der Waals surface area contributed by atoms with Crippen molar-refractivity contribution in [1.29, 1.82) is 0 Å². The predicted octanol–water partition coefficient (Wildman–Crippen LogP) is 1.53. The highest BCUT2D eigenvalue weighted by molar-refractivity contribution is 5.92. The van der Waals surface area contributed by atoms with Gasteiger partial charge < -0.3 is 14.7 Å². The standard InChI is InChI=1S/C18H22N4O3/c1-12-10-21-14(11-20-12)18(24)22-8-5-15(23)17(6-9-22)25-16-4-3-7-19-13(16)2/h3-4,7,10-11,15,17,23H,5-6,8-9H2,1-2H3/t15-,17-/m0/s1. The summed E-state index contributed by atoms with van der Waals surface area (Å²) in [5, 5.41) is 10.4. The van der Waals surface area contributed by atoms with E-state index < -0.39 is 6.10 Å². The summed E-state index contributed by atoms with van der Waals surface area (Å²) in [6.45, 7) is 4.65. The summed E-state index contributed by atoms with van der Waals surface area (Å²) in [6, 6.07) is 3.64. The lowest BCUT2D eigenvalue weighted by atomic mass is 10.1. The number of aliphatic hydroxyl groups excluding tert-OH is 1. The fourth-order valence-electron chi connectivity index (χ4n) is 2.82. The molecule has 1 fully saturated rings. The summed E-state index contributed by atoms with van der Waals surface area (Å²) in [5.41, 5.74) is 1.87. The summed E-state index contributed by atoms with van der Waals surface area (Å²) >= 11 is 0. The first-order chi connectivity index (χ1) is 12.0. The van der Waals surface area contributed by atoms with Crippen LogP contribution >= 0.6 is 0 Å². The van der Waals surface area contributed by atoms with E-state index >= 15 is 0 Å². The van der Waals surface area contributed by atoms with Gasteiger partial charge in [-0.25, -0.2) is 4.98 Å². The molecule has 1 amide bonds. The van der Waals surface area contributed by atoms with E-state index in [2.05, 4.69) is 15.0 Å². The van der Waals surface area contributed by atoms with Gasteiger partial charge in [-0.15, -0.1) is 0 Å². The zero-order valence-corrected chi connectivity index (χ0v) is 14.4. The first-order valence-electron chi connectivity index (χ1n) is 8.39. The Labute approximate surface area is 146 Å². The van der Waals surface area contributed by atoms with Crippen LogP contribution in [0.4, 0.5) is 0 Å². The lowest BCUT2D eigenvalue weighted by Crippen LogP contribution is -2.33. The van der Waals surface area contributed by atoms with Gasteiger partial charge in [-0.05, 0) is 32.4 Å². The number of ether oxygens (including phenoxy) is 1. The molecule has 25 heavy (non-hydrogen) atoms. The zero-order valence-electron chi connectivity index (χ0n) is 14.4. The van der Waals surface area contributed by atoms with Gasteiger partial charge in [-0.3, -0.25) is 14.8 Å². The van der Waals surface area contributed by atoms with Gasteiger partial charge in [0.15, 0.2) is 0 Å². The highest BCUT2D eigenvalue weighted by Crippen LogP contribution is 2.22. The second-order valence-electron chi connectivity index (χ2n) is 6.22. The molecule has 1 aliphatic heterocycles. The minimum Gasteiger partial charge on any atom is -0.486 e. The van der Waals surface area contributed by atoms with Gasteiger partial charge in [0.05, 0.1) is 23.7 Å². The van der Waals surface area contributed by atoms with Gasteiger partial charge >= 0.3 is 0 Å². The monoisotopic (exact) mass is 342 g/mol. The average Bonchev–Trinajstić information content (AvgIpc) is 2.79. The molecule has 1 aliphatic rings. The maximum atomic E-state index is 12.6. The van der Waals surface area contributed by atoms with Crippen LogP contribution in [0.1, 0.15) is 34.7 Å². The van der Waals surface area contributed by atoms with Crippen LogP contribution in [0.3, 0.4) is 0 Å².